The van der Waals surface area contributed by atoms with Crippen LogP contribution in [0.2, 0.25) is 0 Å². The topological polar surface area (TPSA) is 63.2 Å². The zero-order valence-electron chi connectivity index (χ0n) is 11.0. The van der Waals surface area contributed by atoms with Gasteiger partial charge in [0.25, 0.3) is 0 Å². The van der Waals surface area contributed by atoms with Gasteiger partial charge in [0.1, 0.15) is 0 Å². The van der Waals surface area contributed by atoms with E-state index in [0.29, 0.717) is 13.2 Å². The van der Waals surface area contributed by atoms with Crippen LogP contribution >= 0.6 is 0 Å². The van der Waals surface area contributed by atoms with Crippen molar-refractivity contribution in [3.63, 3.8) is 0 Å². The van der Waals surface area contributed by atoms with Gasteiger partial charge in [0, 0.05) is 25.5 Å². The third kappa shape index (κ3) is 6.32. The van der Waals surface area contributed by atoms with Gasteiger partial charge in [-0.25, -0.2) is 0 Å². The number of hydrogen-bond donors (Lipinski definition) is 2. The minimum atomic E-state index is -0.00530. The van der Waals surface area contributed by atoms with Crippen molar-refractivity contribution >= 4 is 5.91 Å². The van der Waals surface area contributed by atoms with E-state index in [-0.39, 0.29) is 11.9 Å². The Balaban J connectivity index is 2.09. The van der Waals surface area contributed by atoms with Gasteiger partial charge in [0.2, 0.25) is 5.91 Å². The van der Waals surface area contributed by atoms with E-state index in [1.54, 1.807) is 19.5 Å². The quantitative estimate of drug-likeness (QED) is 0.655. The first kappa shape index (κ1) is 14.6. The van der Waals surface area contributed by atoms with Crippen LogP contribution < -0.4 is 10.6 Å². The molecular formula is C13H21N3O2. The van der Waals surface area contributed by atoms with Crippen molar-refractivity contribution in [3.8, 4) is 0 Å². The van der Waals surface area contributed by atoms with Gasteiger partial charge >= 0.3 is 0 Å². The Kier molecular flexibility index (Phi) is 6.98. The molecule has 0 bridgehead atoms. The predicted octanol–water partition coefficient (Wildman–Crippen LogP) is 0.365. The number of methoxy groups -OCH3 is 1. The molecule has 1 aromatic heterocycles. The van der Waals surface area contributed by atoms with Gasteiger partial charge in [-0.05, 0) is 37.6 Å². The van der Waals surface area contributed by atoms with Crippen LogP contribution in [0, 0.1) is 0 Å². The molecule has 0 aromatic carbocycles. The van der Waals surface area contributed by atoms with Gasteiger partial charge < -0.3 is 15.4 Å². The molecule has 1 heterocycles. The Morgan fingerprint density at radius 2 is 2.17 bits per heavy atom. The highest BCUT2D eigenvalue weighted by molar-refractivity contribution is 5.78. The fourth-order valence-electron chi connectivity index (χ4n) is 1.60. The standard InChI is InChI=1S/C13H21N3O2/c1-11(10-18-2)16-13(17)9-15-8-5-12-3-6-14-7-4-12/h3-4,6-7,11,15H,5,8-10H2,1-2H3,(H,16,17). The van der Waals surface area contributed by atoms with E-state index in [4.69, 9.17) is 4.74 Å². The van der Waals surface area contributed by atoms with E-state index >= 15 is 0 Å². The van der Waals surface area contributed by atoms with Crippen molar-refractivity contribution in [2.24, 2.45) is 0 Å². The number of aromatic nitrogens is 1. The summed E-state index contributed by atoms with van der Waals surface area (Å²) in [4.78, 5) is 15.5. The first-order valence-corrected chi connectivity index (χ1v) is 6.10. The van der Waals surface area contributed by atoms with Crippen LogP contribution in [0.3, 0.4) is 0 Å². The lowest BCUT2D eigenvalue weighted by atomic mass is 10.2. The molecule has 1 atom stereocenters. The number of nitrogens with zero attached hydrogens (tertiary/aromatic N) is 1. The Bertz CT molecular complexity index is 343. The lowest BCUT2D eigenvalue weighted by Gasteiger charge is -2.13. The van der Waals surface area contributed by atoms with E-state index in [1.165, 1.54) is 5.56 Å². The summed E-state index contributed by atoms with van der Waals surface area (Å²) in [5.41, 5.74) is 1.21. The molecule has 1 unspecified atom stereocenters. The fourth-order valence-corrected chi connectivity index (χ4v) is 1.60. The minimum Gasteiger partial charge on any atom is -0.383 e. The molecule has 5 heteroatoms. The first-order chi connectivity index (χ1) is 8.72. The number of carbonyl (C=O) groups excluding carboxylic acids is 1. The summed E-state index contributed by atoms with van der Waals surface area (Å²) in [5.74, 6) is -0.00530. The Morgan fingerprint density at radius 3 is 2.83 bits per heavy atom. The van der Waals surface area contributed by atoms with Gasteiger partial charge in [0.05, 0.1) is 13.2 Å². The minimum absolute atomic E-state index is 0.00530. The van der Waals surface area contributed by atoms with Crippen molar-refractivity contribution in [1.29, 1.82) is 0 Å². The molecule has 100 valence electrons. The van der Waals surface area contributed by atoms with Crippen molar-refractivity contribution in [3.05, 3.63) is 30.1 Å². The van der Waals surface area contributed by atoms with Gasteiger partial charge in [-0.3, -0.25) is 9.78 Å². The van der Waals surface area contributed by atoms with Crippen molar-refractivity contribution in [2.45, 2.75) is 19.4 Å². The van der Waals surface area contributed by atoms with E-state index < -0.39 is 0 Å². The predicted molar refractivity (Wildman–Crippen MR) is 70.3 cm³/mol. The SMILES string of the molecule is COCC(C)NC(=O)CNCCc1ccncc1. The Hall–Kier alpha value is -1.46. The molecule has 0 fully saturated rings. The van der Waals surface area contributed by atoms with Crippen LogP contribution in [0.25, 0.3) is 0 Å². The molecule has 5 nitrogen and oxygen atoms in total. The average Bonchev–Trinajstić information content (AvgIpc) is 2.36. The molecule has 1 rings (SSSR count). The molecule has 2 N–H and O–H groups in total. The van der Waals surface area contributed by atoms with Crippen LogP contribution in [-0.4, -0.2) is 43.7 Å². The lowest BCUT2D eigenvalue weighted by molar-refractivity contribution is -0.121. The Morgan fingerprint density at radius 1 is 1.44 bits per heavy atom. The highest BCUT2D eigenvalue weighted by Gasteiger charge is 2.05. The number of nitrogens with one attached hydrogen (secondary N) is 2. The summed E-state index contributed by atoms with van der Waals surface area (Å²) >= 11 is 0. The van der Waals surface area contributed by atoms with E-state index in [2.05, 4.69) is 15.6 Å². The summed E-state index contributed by atoms with van der Waals surface area (Å²) in [7, 11) is 1.62. The summed E-state index contributed by atoms with van der Waals surface area (Å²) in [6, 6.07) is 4.00. The summed E-state index contributed by atoms with van der Waals surface area (Å²) < 4.78 is 4.95. The monoisotopic (exact) mass is 251 g/mol. The van der Waals surface area contributed by atoms with E-state index in [9.17, 15) is 4.79 Å². The van der Waals surface area contributed by atoms with Crippen LogP contribution in [0.4, 0.5) is 0 Å². The number of carbonyl (C=O) groups is 1. The Labute approximate surface area is 108 Å². The number of rotatable bonds is 8. The summed E-state index contributed by atoms with van der Waals surface area (Å²) in [6.45, 7) is 3.55. The van der Waals surface area contributed by atoms with E-state index in [0.717, 1.165) is 13.0 Å². The average molecular weight is 251 g/mol. The molecule has 0 aliphatic heterocycles. The molecule has 0 saturated carbocycles. The number of amides is 1. The number of ether oxygens (including phenoxy) is 1. The van der Waals surface area contributed by atoms with Gasteiger partial charge in [-0.2, -0.15) is 0 Å². The zero-order chi connectivity index (χ0) is 13.2. The molecule has 0 aliphatic carbocycles. The van der Waals surface area contributed by atoms with Crippen molar-refractivity contribution < 1.29 is 9.53 Å². The molecule has 0 aliphatic rings. The highest BCUT2D eigenvalue weighted by atomic mass is 16.5. The lowest BCUT2D eigenvalue weighted by Crippen LogP contribution is -2.41. The second-order valence-electron chi connectivity index (χ2n) is 4.21. The normalized spacial score (nSPS) is 12.1. The molecular weight excluding hydrogens is 230 g/mol. The smallest absolute Gasteiger partial charge is 0.234 e. The molecule has 0 spiro atoms. The molecule has 0 saturated heterocycles. The van der Waals surface area contributed by atoms with Crippen molar-refractivity contribution in [1.82, 2.24) is 15.6 Å². The van der Waals surface area contributed by atoms with Gasteiger partial charge in [0.15, 0.2) is 0 Å². The molecule has 1 amide bonds. The first-order valence-electron chi connectivity index (χ1n) is 6.10. The van der Waals surface area contributed by atoms with E-state index in [1.807, 2.05) is 19.1 Å². The molecule has 0 radical (unpaired) electrons. The summed E-state index contributed by atoms with van der Waals surface area (Å²) in [5, 5.41) is 5.95. The van der Waals surface area contributed by atoms with Crippen LogP contribution in [0.1, 0.15) is 12.5 Å². The third-order valence-electron chi connectivity index (χ3n) is 2.45. The van der Waals surface area contributed by atoms with Crippen LogP contribution in [-0.2, 0) is 16.0 Å². The van der Waals surface area contributed by atoms with Gasteiger partial charge in [-0.1, -0.05) is 0 Å². The maximum absolute atomic E-state index is 11.5. The van der Waals surface area contributed by atoms with Crippen LogP contribution in [0.5, 0.6) is 0 Å². The number of hydrogen-bond acceptors (Lipinski definition) is 4. The zero-order valence-corrected chi connectivity index (χ0v) is 11.0. The second kappa shape index (κ2) is 8.60. The van der Waals surface area contributed by atoms with Crippen LogP contribution in [0.15, 0.2) is 24.5 Å². The maximum Gasteiger partial charge on any atom is 0.234 e. The largest absolute Gasteiger partial charge is 0.383 e. The number of pyridine rings is 1. The molecule has 18 heavy (non-hydrogen) atoms. The van der Waals surface area contributed by atoms with Gasteiger partial charge in [-0.15, -0.1) is 0 Å². The third-order valence-corrected chi connectivity index (χ3v) is 2.45. The fraction of sp³-hybridized carbons (Fsp3) is 0.538. The highest BCUT2D eigenvalue weighted by Crippen LogP contribution is 1.95. The maximum atomic E-state index is 11.5. The van der Waals surface area contributed by atoms with Crippen molar-refractivity contribution in [2.75, 3.05) is 26.8 Å². The second-order valence-corrected chi connectivity index (χ2v) is 4.21. The summed E-state index contributed by atoms with van der Waals surface area (Å²) in [6.07, 6.45) is 4.44. The molecule has 1 aromatic rings.